The van der Waals surface area contributed by atoms with E-state index < -0.39 is 0 Å². The molecule has 0 unspecified atom stereocenters. The van der Waals surface area contributed by atoms with Crippen LogP contribution in [-0.2, 0) is 0 Å². The molecule has 0 aliphatic rings. The van der Waals surface area contributed by atoms with Gasteiger partial charge in [0.15, 0.2) is 11.5 Å². The summed E-state index contributed by atoms with van der Waals surface area (Å²) in [6.45, 7) is 0. The SMILES string of the molecule is COc1cc2c(ccc3cc(O)ccc32)cc1O. The Kier molecular flexibility index (Phi) is 2.27. The van der Waals surface area contributed by atoms with E-state index in [2.05, 4.69) is 0 Å². The lowest BCUT2D eigenvalue weighted by Gasteiger charge is -2.08. The lowest BCUT2D eigenvalue weighted by molar-refractivity contribution is 0.374. The molecule has 0 bridgehead atoms. The number of ether oxygens (including phenoxy) is 1. The number of hydrogen-bond donors (Lipinski definition) is 2. The average Bonchev–Trinajstić information content (AvgIpc) is 2.37. The molecule has 0 saturated heterocycles. The predicted molar refractivity (Wildman–Crippen MR) is 71.3 cm³/mol. The first-order valence-electron chi connectivity index (χ1n) is 5.61. The second-order valence-corrected chi connectivity index (χ2v) is 4.22. The van der Waals surface area contributed by atoms with Gasteiger partial charge < -0.3 is 14.9 Å². The number of benzene rings is 3. The third-order valence-electron chi connectivity index (χ3n) is 3.12. The summed E-state index contributed by atoms with van der Waals surface area (Å²) in [4.78, 5) is 0. The minimum Gasteiger partial charge on any atom is -0.508 e. The van der Waals surface area contributed by atoms with Crippen LogP contribution in [0.4, 0.5) is 0 Å². The van der Waals surface area contributed by atoms with Crippen molar-refractivity contribution in [2.45, 2.75) is 0 Å². The Hall–Kier alpha value is -2.42. The van der Waals surface area contributed by atoms with Crippen LogP contribution in [0, 0.1) is 0 Å². The molecule has 3 aromatic carbocycles. The van der Waals surface area contributed by atoms with Crippen molar-refractivity contribution in [2.75, 3.05) is 7.11 Å². The Bertz CT molecular complexity index is 747. The van der Waals surface area contributed by atoms with Crippen LogP contribution < -0.4 is 4.74 Å². The number of phenols is 2. The maximum absolute atomic E-state index is 9.76. The lowest BCUT2D eigenvalue weighted by atomic mass is 10.0. The monoisotopic (exact) mass is 240 g/mol. The van der Waals surface area contributed by atoms with Gasteiger partial charge in [0.25, 0.3) is 0 Å². The standard InChI is InChI=1S/C15H12O3/c1-18-15-8-13-10(7-14(15)17)3-2-9-6-11(16)4-5-12(9)13/h2-8,16-17H,1H3. The molecule has 0 spiro atoms. The molecule has 3 heteroatoms. The highest BCUT2D eigenvalue weighted by atomic mass is 16.5. The van der Waals surface area contributed by atoms with Crippen molar-refractivity contribution in [3.05, 3.63) is 42.5 Å². The first-order valence-corrected chi connectivity index (χ1v) is 5.61. The highest BCUT2D eigenvalue weighted by Gasteiger charge is 2.07. The summed E-state index contributed by atoms with van der Waals surface area (Å²) in [6, 6.07) is 12.6. The van der Waals surface area contributed by atoms with E-state index in [4.69, 9.17) is 4.74 Å². The van der Waals surface area contributed by atoms with Crippen molar-refractivity contribution in [3.8, 4) is 17.2 Å². The number of fused-ring (bicyclic) bond motifs is 3. The summed E-state index contributed by atoms with van der Waals surface area (Å²) in [6.07, 6.45) is 0. The Morgan fingerprint density at radius 1 is 0.833 bits per heavy atom. The van der Waals surface area contributed by atoms with Crippen LogP contribution in [0.5, 0.6) is 17.2 Å². The zero-order valence-electron chi connectivity index (χ0n) is 9.84. The van der Waals surface area contributed by atoms with Crippen molar-refractivity contribution >= 4 is 21.5 Å². The highest BCUT2D eigenvalue weighted by molar-refractivity contribution is 6.08. The molecule has 0 atom stereocenters. The van der Waals surface area contributed by atoms with Crippen LogP contribution in [0.3, 0.4) is 0 Å². The molecule has 0 amide bonds. The van der Waals surface area contributed by atoms with Gasteiger partial charge in [-0.05, 0) is 45.8 Å². The molecule has 3 aromatic rings. The van der Waals surface area contributed by atoms with E-state index in [1.165, 1.54) is 7.11 Å². The van der Waals surface area contributed by atoms with Gasteiger partial charge in [0.05, 0.1) is 7.11 Å². The number of methoxy groups -OCH3 is 1. The zero-order chi connectivity index (χ0) is 12.7. The van der Waals surface area contributed by atoms with Crippen LogP contribution in [0.25, 0.3) is 21.5 Å². The Morgan fingerprint density at radius 2 is 1.56 bits per heavy atom. The third-order valence-corrected chi connectivity index (χ3v) is 3.12. The highest BCUT2D eigenvalue weighted by Crippen LogP contribution is 2.35. The Balaban J connectivity index is 2.45. The van der Waals surface area contributed by atoms with Crippen LogP contribution in [0.15, 0.2) is 42.5 Å². The molecule has 0 aliphatic heterocycles. The number of rotatable bonds is 1. The first-order chi connectivity index (χ1) is 8.69. The van der Waals surface area contributed by atoms with E-state index in [1.807, 2.05) is 24.3 Å². The smallest absolute Gasteiger partial charge is 0.161 e. The summed E-state index contributed by atoms with van der Waals surface area (Å²) < 4.78 is 5.13. The summed E-state index contributed by atoms with van der Waals surface area (Å²) >= 11 is 0. The van der Waals surface area contributed by atoms with Gasteiger partial charge in [0.1, 0.15) is 5.75 Å². The summed E-state index contributed by atoms with van der Waals surface area (Å²) in [5, 5.41) is 23.1. The molecule has 3 rings (SSSR count). The second kappa shape index (κ2) is 3.81. The van der Waals surface area contributed by atoms with Gasteiger partial charge in [-0.2, -0.15) is 0 Å². The average molecular weight is 240 g/mol. The normalized spacial score (nSPS) is 10.9. The fraction of sp³-hybridized carbons (Fsp3) is 0.0667. The van der Waals surface area contributed by atoms with Gasteiger partial charge >= 0.3 is 0 Å². The van der Waals surface area contributed by atoms with Gasteiger partial charge in [-0.15, -0.1) is 0 Å². The summed E-state index contributed by atoms with van der Waals surface area (Å²) in [5.74, 6) is 0.818. The minimum absolute atomic E-state index is 0.128. The maximum atomic E-state index is 9.76. The fourth-order valence-electron chi connectivity index (χ4n) is 2.23. The van der Waals surface area contributed by atoms with Crippen LogP contribution in [0.1, 0.15) is 0 Å². The predicted octanol–water partition coefficient (Wildman–Crippen LogP) is 3.41. The number of hydrogen-bond acceptors (Lipinski definition) is 3. The fourth-order valence-corrected chi connectivity index (χ4v) is 2.23. The van der Waals surface area contributed by atoms with Gasteiger partial charge in [0.2, 0.25) is 0 Å². The molecule has 0 saturated carbocycles. The van der Waals surface area contributed by atoms with E-state index >= 15 is 0 Å². The van der Waals surface area contributed by atoms with E-state index in [0.717, 1.165) is 21.5 Å². The molecule has 0 radical (unpaired) electrons. The van der Waals surface area contributed by atoms with Crippen molar-refractivity contribution in [1.82, 2.24) is 0 Å². The molecule has 3 nitrogen and oxygen atoms in total. The molecule has 0 fully saturated rings. The Labute approximate surface area is 104 Å². The van der Waals surface area contributed by atoms with Gasteiger partial charge in [-0.3, -0.25) is 0 Å². The third kappa shape index (κ3) is 1.52. The largest absolute Gasteiger partial charge is 0.508 e. The van der Waals surface area contributed by atoms with Gasteiger partial charge in [-0.25, -0.2) is 0 Å². The van der Waals surface area contributed by atoms with Crippen molar-refractivity contribution in [3.63, 3.8) is 0 Å². The van der Waals surface area contributed by atoms with E-state index in [9.17, 15) is 10.2 Å². The van der Waals surface area contributed by atoms with E-state index in [-0.39, 0.29) is 11.5 Å². The van der Waals surface area contributed by atoms with Crippen molar-refractivity contribution in [2.24, 2.45) is 0 Å². The van der Waals surface area contributed by atoms with Crippen LogP contribution in [0.2, 0.25) is 0 Å². The molecule has 0 heterocycles. The van der Waals surface area contributed by atoms with Gasteiger partial charge in [0, 0.05) is 0 Å². The molecule has 90 valence electrons. The van der Waals surface area contributed by atoms with Crippen molar-refractivity contribution < 1.29 is 14.9 Å². The molecule has 18 heavy (non-hydrogen) atoms. The molecule has 2 N–H and O–H groups in total. The topological polar surface area (TPSA) is 49.7 Å². The molecule has 0 aromatic heterocycles. The Morgan fingerprint density at radius 3 is 2.28 bits per heavy atom. The lowest BCUT2D eigenvalue weighted by Crippen LogP contribution is -1.85. The number of phenolic OH excluding ortho intramolecular Hbond substituents is 2. The quantitative estimate of drug-likeness (QED) is 0.641. The summed E-state index contributed by atoms with van der Waals surface area (Å²) in [7, 11) is 1.53. The van der Waals surface area contributed by atoms with Crippen molar-refractivity contribution in [1.29, 1.82) is 0 Å². The molecular formula is C15H12O3. The van der Waals surface area contributed by atoms with E-state index in [1.54, 1.807) is 18.2 Å². The second-order valence-electron chi connectivity index (χ2n) is 4.22. The van der Waals surface area contributed by atoms with E-state index in [0.29, 0.717) is 5.75 Å². The van der Waals surface area contributed by atoms with Crippen LogP contribution >= 0.6 is 0 Å². The molecular weight excluding hydrogens is 228 g/mol. The maximum Gasteiger partial charge on any atom is 0.161 e. The zero-order valence-corrected chi connectivity index (χ0v) is 9.84. The minimum atomic E-state index is 0.128. The summed E-state index contributed by atoms with van der Waals surface area (Å²) in [5.41, 5.74) is 0. The number of aromatic hydroxyl groups is 2. The molecule has 0 aliphatic carbocycles. The van der Waals surface area contributed by atoms with Gasteiger partial charge in [-0.1, -0.05) is 18.2 Å². The van der Waals surface area contributed by atoms with Crippen LogP contribution in [-0.4, -0.2) is 17.3 Å². The first kappa shape index (κ1) is 10.7.